The Morgan fingerprint density at radius 2 is 1.08 bits per heavy atom. The molecular weight excluding hydrogens is 588 g/mol. The highest BCUT2D eigenvalue weighted by Crippen LogP contribution is 2.33. The normalized spacial score (nSPS) is 14.4. The van der Waals surface area contributed by atoms with Crippen LogP contribution in [0, 0.1) is 6.92 Å². The van der Waals surface area contributed by atoms with Crippen molar-refractivity contribution in [3.05, 3.63) is 153 Å². The van der Waals surface area contributed by atoms with Crippen molar-refractivity contribution in [2.45, 2.75) is 66.0 Å². The first-order chi connectivity index (χ1) is 22.9. The van der Waals surface area contributed by atoms with Crippen LogP contribution in [0.25, 0.3) is 22.9 Å². The highest BCUT2D eigenvalue weighted by molar-refractivity contribution is 5.86. The standard InChI is InChI=1S/C23H23NO.C20H23NO.CH4/c1-16(20-11-5-8-17-7-3-4-10-21(17)20)24-19-13-14-22-18(15-19)9-6-12-23(22)25-2;1-14-7-9-16(10-8-14)15(2)21-18-11-12-19-17(13-18)5-4-6-20(19)22-3;/h3-12,15-16,24H,13-14H2,1-2H3;4-10,13,15,21H,11-12H2,1-3H3;1H4/t16-;15-;/m11./s1. The molecule has 4 heteroatoms. The monoisotopic (exact) mass is 638 g/mol. The molecule has 0 radical (unpaired) electrons. The Morgan fingerprint density at radius 1 is 0.562 bits per heavy atom. The lowest BCUT2D eigenvalue weighted by Gasteiger charge is -2.24. The van der Waals surface area contributed by atoms with Crippen LogP contribution in [0.3, 0.4) is 0 Å². The lowest BCUT2D eigenvalue weighted by Crippen LogP contribution is -2.20. The Hall–Kier alpha value is -4.96. The van der Waals surface area contributed by atoms with Crippen molar-refractivity contribution in [3.8, 4) is 11.5 Å². The van der Waals surface area contributed by atoms with Crippen LogP contribution in [0.1, 0.15) is 85.1 Å². The number of hydrogen-bond acceptors (Lipinski definition) is 4. The van der Waals surface area contributed by atoms with Gasteiger partial charge < -0.3 is 20.1 Å². The summed E-state index contributed by atoms with van der Waals surface area (Å²) in [5, 5.41) is 9.99. The second-order valence-corrected chi connectivity index (χ2v) is 12.6. The summed E-state index contributed by atoms with van der Waals surface area (Å²) in [5.74, 6) is 1.99. The van der Waals surface area contributed by atoms with Gasteiger partial charge >= 0.3 is 0 Å². The maximum absolute atomic E-state index is 5.50. The molecule has 0 aliphatic heterocycles. The highest BCUT2D eigenvalue weighted by atomic mass is 16.5. The third-order valence-corrected chi connectivity index (χ3v) is 9.40. The zero-order chi connectivity index (χ0) is 32.8. The summed E-state index contributed by atoms with van der Waals surface area (Å²) in [6.07, 6.45) is 8.61. The van der Waals surface area contributed by atoms with E-state index in [9.17, 15) is 0 Å². The number of hydrogen-bond donors (Lipinski definition) is 2. The zero-order valence-corrected chi connectivity index (χ0v) is 28.3. The molecule has 0 bridgehead atoms. The number of rotatable bonds is 8. The van der Waals surface area contributed by atoms with Gasteiger partial charge in [0.15, 0.2) is 0 Å². The van der Waals surface area contributed by atoms with Crippen LogP contribution in [0.2, 0.25) is 0 Å². The predicted octanol–water partition coefficient (Wildman–Crippen LogP) is 10.8. The maximum Gasteiger partial charge on any atom is 0.122 e. The molecule has 0 aromatic heterocycles. The summed E-state index contributed by atoms with van der Waals surface area (Å²) in [4.78, 5) is 0. The van der Waals surface area contributed by atoms with Gasteiger partial charge in [-0.2, -0.15) is 0 Å². The van der Waals surface area contributed by atoms with E-state index >= 15 is 0 Å². The Morgan fingerprint density at radius 3 is 1.67 bits per heavy atom. The van der Waals surface area contributed by atoms with E-state index < -0.39 is 0 Å². The number of allylic oxidation sites excluding steroid dienone is 2. The fourth-order valence-corrected chi connectivity index (χ4v) is 6.82. The fourth-order valence-electron chi connectivity index (χ4n) is 6.82. The maximum atomic E-state index is 5.50. The number of ether oxygens (including phenoxy) is 2. The van der Waals surface area contributed by atoms with Gasteiger partial charge in [0.2, 0.25) is 0 Å². The molecule has 4 nitrogen and oxygen atoms in total. The molecule has 48 heavy (non-hydrogen) atoms. The Balaban J connectivity index is 0.000000186. The first kappa shape index (κ1) is 34.4. The molecule has 0 amide bonds. The molecule has 2 N–H and O–H groups in total. The fraction of sp³-hybridized carbons (Fsp3) is 0.273. The van der Waals surface area contributed by atoms with Gasteiger partial charge in [-0.05, 0) is 104 Å². The van der Waals surface area contributed by atoms with Gasteiger partial charge in [-0.1, -0.05) is 104 Å². The van der Waals surface area contributed by atoms with E-state index in [1.807, 2.05) is 12.1 Å². The van der Waals surface area contributed by atoms with Gasteiger partial charge in [0.25, 0.3) is 0 Å². The van der Waals surface area contributed by atoms with E-state index in [1.165, 1.54) is 61.1 Å². The lowest BCUT2D eigenvalue weighted by molar-refractivity contribution is 0.408. The SMILES string of the molecule is C.COc1cccc2c1CCC(N[C@H](C)c1ccc(C)cc1)=C2.COc1cccc2c1CCC(N[C@H](C)c1cccc3ccccc13)=C2. The highest BCUT2D eigenvalue weighted by Gasteiger charge is 2.18. The smallest absolute Gasteiger partial charge is 0.122 e. The molecule has 7 rings (SSSR count). The van der Waals surface area contributed by atoms with Gasteiger partial charge in [0, 0.05) is 34.6 Å². The van der Waals surface area contributed by atoms with Crippen molar-refractivity contribution >= 4 is 22.9 Å². The van der Waals surface area contributed by atoms with E-state index in [1.54, 1.807) is 14.2 Å². The van der Waals surface area contributed by atoms with Gasteiger partial charge in [-0.3, -0.25) is 0 Å². The predicted molar refractivity (Wildman–Crippen MR) is 204 cm³/mol. The average Bonchev–Trinajstić information content (AvgIpc) is 3.11. The molecule has 0 unspecified atom stereocenters. The minimum absolute atomic E-state index is 0. The summed E-state index contributed by atoms with van der Waals surface area (Å²) in [6, 6.07) is 37.0. The second-order valence-electron chi connectivity index (χ2n) is 12.6. The molecule has 2 atom stereocenters. The second kappa shape index (κ2) is 15.8. The first-order valence-corrected chi connectivity index (χ1v) is 16.7. The van der Waals surface area contributed by atoms with Crippen molar-refractivity contribution in [2.24, 2.45) is 0 Å². The van der Waals surface area contributed by atoms with E-state index in [0.717, 1.165) is 37.2 Å². The lowest BCUT2D eigenvalue weighted by atomic mass is 9.93. The van der Waals surface area contributed by atoms with Crippen molar-refractivity contribution in [3.63, 3.8) is 0 Å². The Kier molecular flexibility index (Phi) is 11.3. The largest absolute Gasteiger partial charge is 0.496 e. The van der Waals surface area contributed by atoms with Crippen LogP contribution in [0.15, 0.2) is 115 Å². The van der Waals surface area contributed by atoms with Crippen molar-refractivity contribution in [2.75, 3.05) is 14.2 Å². The quantitative estimate of drug-likeness (QED) is 0.177. The molecule has 2 aliphatic carbocycles. The first-order valence-electron chi connectivity index (χ1n) is 16.7. The van der Waals surface area contributed by atoms with Crippen molar-refractivity contribution in [1.29, 1.82) is 0 Å². The van der Waals surface area contributed by atoms with Gasteiger partial charge in [0.05, 0.1) is 14.2 Å². The minimum Gasteiger partial charge on any atom is -0.496 e. The number of nitrogens with one attached hydrogen (secondary N) is 2. The zero-order valence-electron chi connectivity index (χ0n) is 28.3. The molecule has 5 aromatic carbocycles. The number of aryl methyl sites for hydroxylation is 1. The third-order valence-electron chi connectivity index (χ3n) is 9.40. The summed E-state index contributed by atoms with van der Waals surface area (Å²) >= 11 is 0. The average molecular weight is 639 g/mol. The van der Waals surface area contributed by atoms with Crippen LogP contribution >= 0.6 is 0 Å². The molecular formula is C44H50N2O2. The summed E-state index contributed by atoms with van der Waals surface area (Å²) in [5.41, 5.74) is 11.7. The topological polar surface area (TPSA) is 42.5 Å². The summed E-state index contributed by atoms with van der Waals surface area (Å²) in [7, 11) is 3.49. The van der Waals surface area contributed by atoms with Gasteiger partial charge in [-0.15, -0.1) is 0 Å². The summed E-state index contributed by atoms with van der Waals surface area (Å²) < 4.78 is 11.0. The van der Waals surface area contributed by atoms with Crippen LogP contribution in [-0.4, -0.2) is 14.2 Å². The van der Waals surface area contributed by atoms with Crippen molar-refractivity contribution in [1.82, 2.24) is 10.6 Å². The third kappa shape index (κ3) is 7.77. The minimum atomic E-state index is 0. The van der Waals surface area contributed by atoms with Crippen LogP contribution in [-0.2, 0) is 12.8 Å². The molecule has 0 saturated carbocycles. The molecule has 0 spiro atoms. The number of benzene rings is 5. The molecule has 0 saturated heterocycles. The molecule has 248 valence electrons. The van der Waals surface area contributed by atoms with Crippen LogP contribution in [0.4, 0.5) is 0 Å². The molecule has 0 heterocycles. The summed E-state index contributed by atoms with van der Waals surface area (Å²) in [6.45, 7) is 6.58. The van der Waals surface area contributed by atoms with Crippen molar-refractivity contribution < 1.29 is 9.47 Å². The van der Waals surface area contributed by atoms with E-state index in [0.29, 0.717) is 6.04 Å². The van der Waals surface area contributed by atoms with Gasteiger partial charge in [0.1, 0.15) is 11.5 Å². The van der Waals surface area contributed by atoms with E-state index in [4.69, 9.17) is 9.47 Å². The number of fused-ring (bicyclic) bond motifs is 3. The number of methoxy groups -OCH3 is 2. The molecule has 0 fully saturated rings. The molecule has 5 aromatic rings. The Labute approximate surface area is 287 Å². The van der Waals surface area contributed by atoms with Gasteiger partial charge in [-0.25, -0.2) is 0 Å². The Bertz CT molecular complexity index is 1900. The molecule has 2 aliphatic rings. The van der Waals surface area contributed by atoms with E-state index in [2.05, 4.69) is 135 Å². The van der Waals surface area contributed by atoms with E-state index in [-0.39, 0.29) is 13.5 Å². The van der Waals surface area contributed by atoms with Crippen LogP contribution < -0.4 is 20.1 Å². The van der Waals surface area contributed by atoms with Crippen LogP contribution in [0.5, 0.6) is 11.5 Å².